The number of aryl methyl sites for hydroxylation is 1. The predicted octanol–water partition coefficient (Wildman–Crippen LogP) is 3.01. The van der Waals surface area contributed by atoms with Gasteiger partial charge in [0.15, 0.2) is 0 Å². The van der Waals surface area contributed by atoms with Crippen LogP contribution in [0.4, 0.5) is 5.69 Å². The maximum Gasteiger partial charge on any atom is 0.261 e. The van der Waals surface area contributed by atoms with Crippen LogP contribution in [0, 0.1) is 6.92 Å². The molecular weight excluding hydrogens is 306 g/mol. The third-order valence-electron chi connectivity index (χ3n) is 3.15. The lowest BCUT2D eigenvalue weighted by atomic mass is 10.1. The number of hydrogen-bond acceptors (Lipinski definition) is 4. The third-order valence-corrected chi connectivity index (χ3v) is 5.31. The van der Waals surface area contributed by atoms with Gasteiger partial charge in [0.1, 0.15) is 0 Å². The average Bonchev–Trinajstić information content (AvgIpc) is 2.47. The van der Waals surface area contributed by atoms with Crippen molar-refractivity contribution in [2.75, 3.05) is 11.0 Å². The molecule has 4 nitrogen and oxygen atoms in total. The quantitative estimate of drug-likeness (QED) is 0.830. The molecule has 6 heteroatoms. The lowest BCUT2D eigenvalue weighted by Crippen LogP contribution is -2.14. The van der Waals surface area contributed by atoms with Gasteiger partial charge in [0.25, 0.3) is 10.0 Å². The third kappa shape index (κ3) is 3.58. The molecule has 0 amide bonds. The molecule has 0 spiro atoms. The summed E-state index contributed by atoms with van der Waals surface area (Å²) < 4.78 is 27.5. The van der Waals surface area contributed by atoms with E-state index in [1.165, 1.54) is 17.8 Å². The molecule has 2 aromatic carbocycles. The minimum Gasteiger partial charge on any atom is -0.392 e. The van der Waals surface area contributed by atoms with E-state index in [0.29, 0.717) is 11.3 Å². The van der Waals surface area contributed by atoms with Crippen LogP contribution in [0.2, 0.25) is 0 Å². The number of nitrogens with one attached hydrogen (secondary N) is 1. The molecule has 0 fully saturated rings. The Morgan fingerprint density at radius 1 is 1.19 bits per heavy atom. The molecule has 0 aliphatic carbocycles. The number of benzene rings is 2. The summed E-state index contributed by atoms with van der Waals surface area (Å²) in [5.41, 5.74) is 2.02. The highest BCUT2D eigenvalue weighted by atomic mass is 32.2. The van der Waals surface area contributed by atoms with Crippen molar-refractivity contribution in [1.29, 1.82) is 0 Å². The summed E-state index contributed by atoms with van der Waals surface area (Å²) in [6.45, 7) is 1.65. The standard InChI is InChI=1S/C15H17NO3S2/c1-11-7-8-13(9-12(11)10-17)21(18,19)16-14-5-3-4-6-15(14)20-2/h3-9,16-17H,10H2,1-2H3. The Hall–Kier alpha value is -1.50. The highest BCUT2D eigenvalue weighted by molar-refractivity contribution is 7.99. The summed E-state index contributed by atoms with van der Waals surface area (Å²) in [5.74, 6) is 0. The Morgan fingerprint density at radius 3 is 2.57 bits per heavy atom. The summed E-state index contributed by atoms with van der Waals surface area (Å²) in [6, 6.07) is 12.0. The Bertz CT molecular complexity index is 742. The van der Waals surface area contributed by atoms with E-state index in [2.05, 4.69) is 4.72 Å². The molecule has 0 unspecified atom stereocenters. The molecule has 0 radical (unpaired) electrons. The van der Waals surface area contributed by atoms with Gasteiger partial charge in [0.2, 0.25) is 0 Å². The van der Waals surface area contributed by atoms with E-state index in [0.717, 1.165) is 10.5 Å². The van der Waals surface area contributed by atoms with Crippen LogP contribution in [-0.2, 0) is 16.6 Å². The molecule has 0 aliphatic rings. The fourth-order valence-electron chi connectivity index (χ4n) is 1.92. The first-order valence-electron chi connectivity index (χ1n) is 6.34. The number of para-hydroxylation sites is 1. The summed E-state index contributed by atoms with van der Waals surface area (Å²) in [7, 11) is -3.67. The maximum atomic E-state index is 12.4. The molecule has 0 atom stereocenters. The van der Waals surface area contributed by atoms with Gasteiger partial charge in [-0.15, -0.1) is 11.8 Å². The molecule has 2 N–H and O–H groups in total. The van der Waals surface area contributed by atoms with Crippen molar-refractivity contribution < 1.29 is 13.5 Å². The molecule has 2 aromatic rings. The smallest absolute Gasteiger partial charge is 0.261 e. The highest BCUT2D eigenvalue weighted by Gasteiger charge is 2.16. The van der Waals surface area contributed by atoms with Crippen LogP contribution in [0.1, 0.15) is 11.1 Å². The van der Waals surface area contributed by atoms with E-state index in [9.17, 15) is 13.5 Å². The van der Waals surface area contributed by atoms with Crippen LogP contribution >= 0.6 is 11.8 Å². The van der Waals surface area contributed by atoms with Gasteiger partial charge in [-0.3, -0.25) is 4.72 Å². The van der Waals surface area contributed by atoms with Crippen molar-refractivity contribution in [3.63, 3.8) is 0 Å². The molecule has 0 aromatic heterocycles. The van der Waals surface area contributed by atoms with Gasteiger partial charge in [-0.25, -0.2) is 8.42 Å². The van der Waals surface area contributed by atoms with Gasteiger partial charge >= 0.3 is 0 Å². The van der Waals surface area contributed by atoms with E-state index in [1.54, 1.807) is 24.3 Å². The molecular formula is C15H17NO3S2. The number of thioether (sulfide) groups is 1. The largest absolute Gasteiger partial charge is 0.392 e. The zero-order valence-electron chi connectivity index (χ0n) is 11.8. The summed E-state index contributed by atoms with van der Waals surface area (Å²) >= 11 is 1.47. The number of aliphatic hydroxyl groups is 1. The summed E-state index contributed by atoms with van der Waals surface area (Å²) in [4.78, 5) is 1.00. The number of rotatable bonds is 5. The first-order valence-corrected chi connectivity index (χ1v) is 9.05. The number of anilines is 1. The Labute approximate surface area is 129 Å². The van der Waals surface area contributed by atoms with E-state index < -0.39 is 10.0 Å². The molecule has 0 bridgehead atoms. The van der Waals surface area contributed by atoms with Crippen LogP contribution in [-0.4, -0.2) is 19.8 Å². The molecule has 0 saturated carbocycles. The van der Waals surface area contributed by atoms with E-state index in [1.807, 2.05) is 25.3 Å². The van der Waals surface area contributed by atoms with Crippen LogP contribution < -0.4 is 4.72 Å². The van der Waals surface area contributed by atoms with E-state index >= 15 is 0 Å². The van der Waals surface area contributed by atoms with Crippen molar-refractivity contribution in [2.45, 2.75) is 23.3 Å². The van der Waals surface area contributed by atoms with Crippen LogP contribution in [0.3, 0.4) is 0 Å². The van der Waals surface area contributed by atoms with Gasteiger partial charge in [-0.05, 0) is 48.6 Å². The average molecular weight is 323 g/mol. The van der Waals surface area contributed by atoms with Crippen LogP contribution in [0.25, 0.3) is 0 Å². The van der Waals surface area contributed by atoms with Crippen LogP contribution in [0.15, 0.2) is 52.3 Å². The summed E-state index contributed by atoms with van der Waals surface area (Å²) in [6.07, 6.45) is 1.89. The fourth-order valence-corrected chi connectivity index (χ4v) is 3.67. The van der Waals surface area contributed by atoms with Crippen molar-refractivity contribution in [2.24, 2.45) is 0 Å². The zero-order valence-corrected chi connectivity index (χ0v) is 13.5. The van der Waals surface area contributed by atoms with Gasteiger partial charge in [-0.1, -0.05) is 18.2 Å². The lowest BCUT2D eigenvalue weighted by Gasteiger charge is -2.12. The Kier molecular flexibility index (Phi) is 4.92. The minimum atomic E-state index is -3.67. The lowest BCUT2D eigenvalue weighted by molar-refractivity contribution is 0.281. The van der Waals surface area contributed by atoms with Gasteiger partial charge < -0.3 is 5.11 Å². The molecule has 0 aliphatic heterocycles. The van der Waals surface area contributed by atoms with E-state index in [4.69, 9.17) is 0 Å². The second-order valence-corrected chi connectivity index (χ2v) is 7.08. The molecule has 0 saturated heterocycles. The molecule has 0 heterocycles. The number of sulfonamides is 1. The minimum absolute atomic E-state index is 0.146. The molecule has 112 valence electrons. The first-order chi connectivity index (χ1) is 9.97. The highest BCUT2D eigenvalue weighted by Crippen LogP contribution is 2.27. The maximum absolute atomic E-state index is 12.4. The fraction of sp³-hybridized carbons (Fsp3) is 0.200. The second-order valence-electron chi connectivity index (χ2n) is 4.55. The predicted molar refractivity (Wildman–Crippen MR) is 86.1 cm³/mol. The summed E-state index contributed by atoms with van der Waals surface area (Å²) in [5, 5.41) is 9.26. The van der Waals surface area contributed by atoms with Crippen molar-refractivity contribution in [3.05, 3.63) is 53.6 Å². The zero-order chi connectivity index (χ0) is 15.5. The topological polar surface area (TPSA) is 66.4 Å². The second kappa shape index (κ2) is 6.51. The Morgan fingerprint density at radius 2 is 1.90 bits per heavy atom. The van der Waals surface area contributed by atoms with Gasteiger partial charge in [-0.2, -0.15) is 0 Å². The Balaban J connectivity index is 2.38. The molecule has 21 heavy (non-hydrogen) atoms. The van der Waals surface area contributed by atoms with Crippen molar-refractivity contribution in [1.82, 2.24) is 0 Å². The van der Waals surface area contributed by atoms with Gasteiger partial charge in [0.05, 0.1) is 17.2 Å². The number of aliphatic hydroxyl groups excluding tert-OH is 1. The van der Waals surface area contributed by atoms with Gasteiger partial charge in [0, 0.05) is 4.90 Å². The van der Waals surface area contributed by atoms with Crippen molar-refractivity contribution in [3.8, 4) is 0 Å². The SMILES string of the molecule is CSc1ccccc1NS(=O)(=O)c1ccc(C)c(CO)c1. The van der Waals surface area contributed by atoms with Crippen molar-refractivity contribution >= 4 is 27.5 Å². The number of hydrogen-bond donors (Lipinski definition) is 2. The van der Waals surface area contributed by atoms with Crippen LogP contribution in [0.5, 0.6) is 0 Å². The monoisotopic (exact) mass is 323 g/mol. The first kappa shape index (κ1) is 15.9. The normalized spacial score (nSPS) is 11.4. The van der Waals surface area contributed by atoms with E-state index in [-0.39, 0.29) is 11.5 Å². The molecule has 2 rings (SSSR count).